The molecule has 2 heteroatoms. The average Bonchev–Trinajstić information content (AvgIpc) is 2.00. The van der Waals surface area contributed by atoms with Crippen LogP contribution in [0.25, 0.3) is 0 Å². The van der Waals surface area contributed by atoms with E-state index < -0.39 is 0 Å². The normalized spacial score (nSPS) is 12.6. The smallest absolute Gasteiger partial charge is 0.220 e. The van der Waals surface area contributed by atoms with Crippen LogP contribution in [0.4, 0.5) is 0 Å². The molecule has 0 saturated heterocycles. The summed E-state index contributed by atoms with van der Waals surface area (Å²) in [6.45, 7) is 7.69. The zero-order valence-electron chi connectivity index (χ0n) is 7.52. The standard InChI is InChI=1S/C9H18NO/c1-4-6-7-8(3)10-9(11)5-2/h8H,2,4-7H2,1,3H3,(H,10,11). The van der Waals surface area contributed by atoms with E-state index in [1.807, 2.05) is 6.92 Å². The van der Waals surface area contributed by atoms with Gasteiger partial charge in [-0.05, 0) is 20.3 Å². The average molecular weight is 156 g/mol. The third-order valence-electron chi connectivity index (χ3n) is 1.63. The first-order valence-electron chi connectivity index (χ1n) is 4.29. The molecule has 0 aromatic rings. The molecule has 65 valence electrons. The third kappa shape index (κ3) is 5.89. The molecule has 2 nitrogen and oxygen atoms in total. The molecule has 0 aromatic heterocycles. The summed E-state index contributed by atoms with van der Waals surface area (Å²) in [7, 11) is 0. The minimum Gasteiger partial charge on any atom is -0.354 e. The van der Waals surface area contributed by atoms with Gasteiger partial charge >= 0.3 is 0 Å². The predicted molar refractivity (Wildman–Crippen MR) is 47.1 cm³/mol. The van der Waals surface area contributed by atoms with Gasteiger partial charge in [0.05, 0.1) is 0 Å². The molecule has 1 unspecified atom stereocenters. The van der Waals surface area contributed by atoms with Crippen molar-refractivity contribution in [2.75, 3.05) is 0 Å². The summed E-state index contributed by atoms with van der Waals surface area (Å²) in [5, 5.41) is 2.86. The molecule has 0 fully saturated rings. The van der Waals surface area contributed by atoms with Crippen molar-refractivity contribution < 1.29 is 4.79 Å². The highest BCUT2D eigenvalue weighted by atomic mass is 16.1. The van der Waals surface area contributed by atoms with Crippen LogP contribution < -0.4 is 5.32 Å². The maximum absolute atomic E-state index is 10.8. The van der Waals surface area contributed by atoms with E-state index in [4.69, 9.17) is 0 Å². The van der Waals surface area contributed by atoms with E-state index in [-0.39, 0.29) is 5.91 Å². The molecular weight excluding hydrogens is 138 g/mol. The van der Waals surface area contributed by atoms with E-state index in [1.165, 1.54) is 12.8 Å². The monoisotopic (exact) mass is 156 g/mol. The molecule has 0 aliphatic carbocycles. The highest BCUT2D eigenvalue weighted by Gasteiger charge is 2.03. The number of unbranched alkanes of at least 4 members (excludes halogenated alkanes) is 1. The lowest BCUT2D eigenvalue weighted by atomic mass is 10.1. The quantitative estimate of drug-likeness (QED) is 0.647. The second kappa shape index (κ2) is 6.20. The zero-order valence-corrected chi connectivity index (χ0v) is 7.52. The van der Waals surface area contributed by atoms with E-state index in [0.717, 1.165) is 6.42 Å². The van der Waals surface area contributed by atoms with Gasteiger partial charge in [0, 0.05) is 12.5 Å². The Bertz CT molecular complexity index is 112. The molecule has 0 bridgehead atoms. The van der Waals surface area contributed by atoms with E-state index in [2.05, 4.69) is 19.2 Å². The molecule has 1 N–H and O–H groups in total. The van der Waals surface area contributed by atoms with Crippen molar-refractivity contribution >= 4 is 5.91 Å². The molecule has 0 heterocycles. The summed E-state index contributed by atoms with van der Waals surface area (Å²) in [6, 6.07) is 0.309. The summed E-state index contributed by atoms with van der Waals surface area (Å²) in [6.07, 6.45) is 3.78. The molecule has 0 spiro atoms. The fourth-order valence-electron chi connectivity index (χ4n) is 0.929. The van der Waals surface area contributed by atoms with Crippen LogP contribution in [-0.2, 0) is 4.79 Å². The summed E-state index contributed by atoms with van der Waals surface area (Å²) in [4.78, 5) is 10.8. The van der Waals surface area contributed by atoms with Gasteiger partial charge in [-0.25, -0.2) is 0 Å². The van der Waals surface area contributed by atoms with Crippen LogP contribution >= 0.6 is 0 Å². The predicted octanol–water partition coefficient (Wildman–Crippen LogP) is 1.91. The third-order valence-corrected chi connectivity index (χ3v) is 1.63. The molecule has 1 radical (unpaired) electrons. The van der Waals surface area contributed by atoms with Crippen LogP contribution in [0.3, 0.4) is 0 Å². The summed E-state index contributed by atoms with van der Waals surface area (Å²) < 4.78 is 0. The number of nitrogens with one attached hydrogen (secondary N) is 1. The van der Waals surface area contributed by atoms with Gasteiger partial charge < -0.3 is 5.32 Å². The van der Waals surface area contributed by atoms with Gasteiger partial charge in [-0.1, -0.05) is 19.8 Å². The van der Waals surface area contributed by atoms with Crippen molar-refractivity contribution in [3.8, 4) is 0 Å². The Hall–Kier alpha value is -0.530. The first kappa shape index (κ1) is 10.5. The number of carbonyl (C=O) groups is 1. The maximum Gasteiger partial charge on any atom is 0.220 e. The van der Waals surface area contributed by atoms with Gasteiger partial charge in [0.25, 0.3) is 0 Å². The van der Waals surface area contributed by atoms with Crippen LogP contribution in [0.1, 0.15) is 39.5 Å². The van der Waals surface area contributed by atoms with Gasteiger partial charge in [-0.3, -0.25) is 4.79 Å². The molecule has 0 aliphatic rings. The molecule has 0 aromatic carbocycles. The number of hydrogen-bond acceptors (Lipinski definition) is 1. The van der Waals surface area contributed by atoms with E-state index in [9.17, 15) is 4.79 Å². The summed E-state index contributed by atoms with van der Waals surface area (Å²) >= 11 is 0. The highest BCUT2D eigenvalue weighted by molar-refractivity contribution is 5.76. The maximum atomic E-state index is 10.8. The van der Waals surface area contributed by atoms with Crippen LogP contribution in [0.15, 0.2) is 0 Å². The lowest BCUT2D eigenvalue weighted by Gasteiger charge is -2.11. The van der Waals surface area contributed by atoms with Gasteiger partial charge in [0.1, 0.15) is 0 Å². The lowest BCUT2D eigenvalue weighted by molar-refractivity contribution is -0.120. The SMILES string of the molecule is [CH2]CC(=O)NC(C)CCCC. The fourth-order valence-corrected chi connectivity index (χ4v) is 0.929. The van der Waals surface area contributed by atoms with Gasteiger partial charge in [-0.15, -0.1) is 0 Å². The highest BCUT2D eigenvalue weighted by Crippen LogP contribution is 1.99. The second-order valence-electron chi connectivity index (χ2n) is 2.86. The second-order valence-corrected chi connectivity index (χ2v) is 2.86. The largest absolute Gasteiger partial charge is 0.354 e. The lowest BCUT2D eigenvalue weighted by Crippen LogP contribution is -2.31. The Morgan fingerprint density at radius 2 is 2.27 bits per heavy atom. The van der Waals surface area contributed by atoms with Crippen LogP contribution in [0, 0.1) is 6.92 Å². The molecule has 1 amide bonds. The van der Waals surface area contributed by atoms with E-state index >= 15 is 0 Å². The van der Waals surface area contributed by atoms with E-state index in [1.54, 1.807) is 0 Å². The molecule has 0 rings (SSSR count). The van der Waals surface area contributed by atoms with Crippen molar-refractivity contribution in [2.24, 2.45) is 0 Å². The minimum absolute atomic E-state index is 0.0496. The molecule has 0 saturated carbocycles. The van der Waals surface area contributed by atoms with Gasteiger partial charge in [-0.2, -0.15) is 0 Å². The van der Waals surface area contributed by atoms with Crippen LogP contribution in [-0.4, -0.2) is 11.9 Å². The van der Waals surface area contributed by atoms with Crippen molar-refractivity contribution in [3.05, 3.63) is 6.92 Å². The number of rotatable bonds is 5. The molecular formula is C9H18NO. The molecule has 11 heavy (non-hydrogen) atoms. The van der Waals surface area contributed by atoms with Gasteiger partial charge in [0.15, 0.2) is 0 Å². The minimum atomic E-state index is 0.0496. The Kier molecular flexibility index (Phi) is 5.90. The Labute approximate surface area is 69.4 Å². The number of hydrogen-bond donors (Lipinski definition) is 1. The van der Waals surface area contributed by atoms with Crippen LogP contribution in [0.2, 0.25) is 0 Å². The topological polar surface area (TPSA) is 29.1 Å². The summed E-state index contributed by atoms with van der Waals surface area (Å²) in [5.74, 6) is 0.0496. The van der Waals surface area contributed by atoms with Crippen molar-refractivity contribution in [2.45, 2.75) is 45.6 Å². The van der Waals surface area contributed by atoms with Gasteiger partial charge in [0.2, 0.25) is 5.91 Å². The number of amides is 1. The fraction of sp³-hybridized carbons (Fsp3) is 0.778. The summed E-state index contributed by atoms with van der Waals surface area (Å²) in [5.41, 5.74) is 0. The Morgan fingerprint density at radius 3 is 2.73 bits per heavy atom. The Morgan fingerprint density at radius 1 is 1.64 bits per heavy atom. The first-order chi connectivity index (χ1) is 5.20. The van der Waals surface area contributed by atoms with Crippen molar-refractivity contribution in [1.29, 1.82) is 0 Å². The Balaban J connectivity index is 3.35. The number of carbonyl (C=O) groups excluding carboxylic acids is 1. The first-order valence-corrected chi connectivity index (χ1v) is 4.29. The van der Waals surface area contributed by atoms with Crippen molar-refractivity contribution in [3.63, 3.8) is 0 Å². The zero-order chi connectivity index (χ0) is 8.69. The van der Waals surface area contributed by atoms with Crippen molar-refractivity contribution in [1.82, 2.24) is 5.32 Å². The molecule has 0 aliphatic heterocycles. The van der Waals surface area contributed by atoms with E-state index in [0.29, 0.717) is 12.5 Å². The van der Waals surface area contributed by atoms with Crippen LogP contribution in [0.5, 0.6) is 0 Å². The molecule has 1 atom stereocenters.